The maximum absolute atomic E-state index is 12.2. The average Bonchev–Trinajstić information content (AvgIpc) is 2.29. The number of nitrogens with zero attached hydrogens (tertiary/aromatic N) is 1. The molecule has 0 atom stereocenters. The van der Waals surface area contributed by atoms with Crippen molar-refractivity contribution in [3.05, 3.63) is 0 Å². The van der Waals surface area contributed by atoms with Crippen LogP contribution in [0, 0.1) is 5.92 Å². The lowest BCUT2D eigenvalue weighted by Gasteiger charge is -2.30. The van der Waals surface area contributed by atoms with E-state index in [0.29, 0.717) is 19.0 Å². The van der Waals surface area contributed by atoms with Crippen LogP contribution in [0.3, 0.4) is 0 Å². The van der Waals surface area contributed by atoms with Gasteiger partial charge < -0.3 is 5.32 Å². The second-order valence-corrected chi connectivity index (χ2v) is 7.63. The summed E-state index contributed by atoms with van der Waals surface area (Å²) in [5.74, 6) is 0.524. The highest BCUT2D eigenvalue weighted by molar-refractivity contribution is 7.89. The topological polar surface area (TPSA) is 49.4 Å². The van der Waals surface area contributed by atoms with Crippen molar-refractivity contribution in [2.45, 2.75) is 45.3 Å². The van der Waals surface area contributed by atoms with Gasteiger partial charge in [-0.05, 0) is 52.1 Å². The van der Waals surface area contributed by atoms with Crippen molar-refractivity contribution >= 4 is 10.0 Å². The van der Waals surface area contributed by atoms with Gasteiger partial charge in [0.25, 0.3) is 0 Å². The Hall–Kier alpha value is -0.130. The molecule has 1 rings (SSSR count). The second kappa shape index (κ2) is 6.71. The van der Waals surface area contributed by atoms with Gasteiger partial charge in [0.15, 0.2) is 0 Å². The van der Waals surface area contributed by atoms with Gasteiger partial charge in [-0.15, -0.1) is 0 Å². The molecule has 0 radical (unpaired) electrons. The molecule has 1 saturated heterocycles. The monoisotopic (exact) mass is 262 g/mol. The molecule has 0 aromatic heterocycles. The summed E-state index contributed by atoms with van der Waals surface area (Å²) >= 11 is 0. The highest BCUT2D eigenvalue weighted by Crippen LogP contribution is 2.18. The van der Waals surface area contributed by atoms with E-state index in [-0.39, 0.29) is 5.25 Å². The van der Waals surface area contributed by atoms with Gasteiger partial charge in [-0.1, -0.05) is 6.92 Å². The first kappa shape index (κ1) is 14.9. The average molecular weight is 262 g/mol. The molecule has 0 bridgehead atoms. The lowest BCUT2D eigenvalue weighted by molar-refractivity contribution is 0.287. The number of nitrogens with one attached hydrogen (secondary N) is 1. The zero-order valence-corrected chi connectivity index (χ0v) is 12.1. The van der Waals surface area contributed by atoms with Crippen LogP contribution in [0.4, 0.5) is 0 Å². The van der Waals surface area contributed by atoms with E-state index in [4.69, 9.17) is 0 Å². The Labute approximate surface area is 106 Å². The third-order valence-corrected chi connectivity index (χ3v) is 5.59. The van der Waals surface area contributed by atoms with E-state index < -0.39 is 10.0 Å². The summed E-state index contributed by atoms with van der Waals surface area (Å²) in [6.07, 6.45) is 3.07. The van der Waals surface area contributed by atoms with E-state index in [0.717, 1.165) is 32.4 Å². The Morgan fingerprint density at radius 1 is 1.29 bits per heavy atom. The normalized spacial score (nSPS) is 19.1. The number of piperidine rings is 1. The molecule has 1 N–H and O–H groups in total. The Bertz CT molecular complexity index is 308. The van der Waals surface area contributed by atoms with Crippen LogP contribution in [0.2, 0.25) is 0 Å². The second-order valence-electron chi connectivity index (χ2n) is 5.15. The van der Waals surface area contributed by atoms with Crippen LogP contribution < -0.4 is 5.32 Å². The van der Waals surface area contributed by atoms with Crippen LogP contribution in [0.25, 0.3) is 0 Å². The summed E-state index contributed by atoms with van der Waals surface area (Å²) in [4.78, 5) is 0. The van der Waals surface area contributed by atoms with Gasteiger partial charge in [0, 0.05) is 13.1 Å². The predicted octanol–water partition coefficient (Wildman–Crippen LogP) is 1.44. The van der Waals surface area contributed by atoms with Crippen molar-refractivity contribution in [3.8, 4) is 0 Å². The van der Waals surface area contributed by atoms with Gasteiger partial charge in [-0.3, -0.25) is 0 Å². The molecule has 1 heterocycles. The van der Waals surface area contributed by atoms with Crippen molar-refractivity contribution in [1.82, 2.24) is 9.62 Å². The minimum atomic E-state index is -3.09. The summed E-state index contributed by atoms with van der Waals surface area (Å²) < 4.78 is 26.1. The van der Waals surface area contributed by atoms with Gasteiger partial charge >= 0.3 is 0 Å². The number of sulfonamides is 1. The first-order valence-corrected chi connectivity index (χ1v) is 8.18. The third-order valence-electron chi connectivity index (χ3n) is 3.35. The molecule has 17 heavy (non-hydrogen) atoms. The fourth-order valence-electron chi connectivity index (χ4n) is 2.22. The van der Waals surface area contributed by atoms with Crippen LogP contribution in [0.5, 0.6) is 0 Å². The van der Waals surface area contributed by atoms with Gasteiger partial charge in [0.05, 0.1) is 5.25 Å². The molecule has 5 heteroatoms. The SMILES string of the molecule is CCCN(CC1CCNCC1)S(=O)(=O)C(C)C. The standard InChI is InChI=1S/C12H26N2O2S/c1-4-9-14(17(15,16)11(2)3)10-12-5-7-13-8-6-12/h11-13H,4-10H2,1-3H3. The molecule has 1 fully saturated rings. The van der Waals surface area contributed by atoms with Crippen molar-refractivity contribution in [1.29, 1.82) is 0 Å². The van der Waals surface area contributed by atoms with Crippen LogP contribution in [0.1, 0.15) is 40.0 Å². The fourth-order valence-corrected chi connectivity index (χ4v) is 3.67. The predicted molar refractivity (Wildman–Crippen MR) is 71.5 cm³/mol. The molecule has 1 aliphatic rings. The largest absolute Gasteiger partial charge is 0.317 e. The van der Waals surface area contributed by atoms with Crippen LogP contribution in [-0.4, -0.2) is 44.2 Å². The molecule has 0 aromatic carbocycles. The van der Waals surface area contributed by atoms with Gasteiger partial charge in [0.1, 0.15) is 0 Å². The van der Waals surface area contributed by atoms with Gasteiger partial charge in [0.2, 0.25) is 10.0 Å². The van der Waals surface area contributed by atoms with Crippen LogP contribution in [0.15, 0.2) is 0 Å². The summed E-state index contributed by atoms with van der Waals surface area (Å²) in [7, 11) is -3.09. The lowest BCUT2D eigenvalue weighted by atomic mass is 9.98. The van der Waals surface area contributed by atoms with E-state index >= 15 is 0 Å². The smallest absolute Gasteiger partial charge is 0.216 e. The zero-order valence-electron chi connectivity index (χ0n) is 11.3. The van der Waals surface area contributed by atoms with Gasteiger partial charge in [-0.25, -0.2) is 12.7 Å². The van der Waals surface area contributed by atoms with Crippen LogP contribution >= 0.6 is 0 Å². The minimum Gasteiger partial charge on any atom is -0.317 e. The molecular formula is C12H26N2O2S. The first-order valence-electron chi connectivity index (χ1n) is 6.68. The van der Waals surface area contributed by atoms with E-state index in [2.05, 4.69) is 5.32 Å². The molecule has 0 spiro atoms. The quantitative estimate of drug-likeness (QED) is 0.788. The molecule has 4 nitrogen and oxygen atoms in total. The number of rotatable bonds is 6. The Morgan fingerprint density at radius 3 is 2.35 bits per heavy atom. The number of hydrogen-bond acceptors (Lipinski definition) is 3. The molecule has 0 aliphatic carbocycles. The molecule has 0 amide bonds. The summed E-state index contributed by atoms with van der Waals surface area (Å²) in [6, 6.07) is 0. The van der Waals surface area contributed by atoms with Gasteiger partial charge in [-0.2, -0.15) is 0 Å². The third kappa shape index (κ3) is 4.23. The molecule has 0 saturated carbocycles. The van der Waals surface area contributed by atoms with Crippen molar-refractivity contribution in [3.63, 3.8) is 0 Å². The Kier molecular flexibility index (Phi) is 5.89. The lowest BCUT2D eigenvalue weighted by Crippen LogP contribution is -2.42. The zero-order chi connectivity index (χ0) is 12.9. The highest BCUT2D eigenvalue weighted by atomic mass is 32.2. The molecule has 0 unspecified atom stereocenters. The van der Waals surface area contributed by atoms with Crippen molar-refractivity contribution in [2.24, 2.45) is 5.92 Å². The minimum absolute atomic E-state index is 0.309. The van der Waals surface area contributed by atoms with Crippen molar-refractivity contribution < 1.29 is 8.42 Å². The van der Waals surface area contributed by atoms with E-state index in [1.165, 1.54) is 0 Å². The van der Waals surface area contributed by atoms with E-state index in [9.17, 15) is 8.42 Å². The highest BCUT2D eigenvalue weighted by Gasteiger charge is 2.27. The van der Waals surface area contributed by atoms with Crippen LogP contribution in [-0.2, 0) is 10.0 Å². The maximum Gasteiger partial charge on any atom is 0.216 e. The molecule has 102 valence electrons. The Morgan fingerprint density at radius 2 is 1.88 bits per heavy atom. The van der Waals surface area contributed by atoms with E-state index in [1.807, 2.05) is 6.92 Å². The molecular weight excluding hydrogens is 236 g/mol. The van der Waals surface area contributed by atoms with Crippen molar-refractivity contribution in [2.75, 3.05) is 26.2 Å². The summed E-state index contributed by atoms with van der Waals surface area (Å²) in [5, 5.41) is 3.00. The summed E-state index contributed by atoms with van der Waals surface area (Å²) in [6.45, 7) is 8.96. The first-order chi connectivity index (χ1) is 7.98. The summed E-state index contributed by atoms with van der Waals surface area (Å²) in [5.41, 5.74) is 0. The molecule has 1 aliphatic heterocycles. The van der Waals surface area contributed by atoms with E-state index in [1.54, 1.807) is 18.2 Å². The fraction of sp³-hybridized carbons (Fsp3) is 1.00. The number of hydrogen-bond donors (Lipinski definition) is 1. The maximum atomic E-state index is 12.2. The molecule has 0 aromatic rings. The Balaban J connectivity index is 2.65.